The number of guanidine groups is 1. The number of nitrogens with zero attached hydrogens (tertiary/aromatic N) is 1. The number of aliphatic imine (C=N–C) groups is 1. The molecule has 118 valence electrons. The summed E-state index contributed by atoms with van der Waals surface area (Å²) < 4.78 is 11.1. The van der Waals surface area contributed by atoms with Gasteiger partial charge in [0.25, 0.3) is 0 Å². The second-order valence-corrected chi connectivity index (χ2v) is 6.05. The highest BCUT2D eigenvalue weighted by atomic mass is 32.2. The fourth-order valence-corrected chi connectivity index (χ4v) is 2.47. The number of hydrogen-bond acceptors (Lipinski definition) is 4. The Hall–Kier alpha value is -0.460. The van der Waals surface area contributed by atoms with Gasteiger partial charge in [-0.25, -0.2) is 0 Å². The van der Waals surface area contributed by atoms with Crippen LogP contribution >= 0.6 is 11.8 Å². The Kier molecular flexibility index (Phi) is 9.87. The zero-order chi connectivity index (χ0) is 14.6. The summed E-state index contributed by atoms with van der Waals surface area (Å²) in [6.07, 6.45) is 5.83. The predicted octanol–water partition coefficient (Wildman–Crippen LogP) is 1.49. The molecular weight excluding hydrogens is 274 g/mol. The standard InChI is InChI=1S/C14H29N3O2S/c1-12(10-19-13-6-8-18-11-13)17-14(15-2)16-7-4-5-9-20-3/h12-13H,4-11H2,1-3H3,(H2,15,16,17). The van der Waals surface area contributed by atoms with E-state index in [0.29, 0.717) is 6.61 Å². The molecule has 0 aliphatic carbocycles. The molecule has 0 spiro atoms. The molecule has 1 saturated heterocycles. The maximum Gasteiger partial charge on any atom is 0.191 e. The van der Waals surface area contributed by atoms with Gasteiger partial charge in [-0.15, -0.1) is 0 Å². The first-order valence-electron chi connectivity index (χ1n) is 7.41. The van der Waals surface area contributed by atoms with Crippen LogP contribution in [0.15, 0.2) is 4.99 Å². The highest BCUT2D eigenvalue weighted by Crippen LogP contribution is 2.08. The van der Waals surface area contributed by atoms with Crippen molar-refractivity contribution >= 4 is 17.7 Å². The van der Waals surface area contributed by atoms with E-state index in [1.165, 1.54) is 18.6 Å². The minimum atomic E-state index is 0.244. The van der Waals surface area contributed by atoms with Crippen LogP contribution < -0.4 is 10.6 Å². The summed E-state index contributed by atoms with van der Waals surface area (Å²) in [4.78, 5) is 4.23. The molecule has 0 bridgehead atoms. The fraction of sp³-hybridized carbons (Fsp3) is 0.929. The van der Waals surface area contributed by atoms with Crippen LogP contribution in [0.3, 0.4) is 0 Å². The predicted molar refractivity (Wildman–Crippen MR) is 86.8 cm³/mol. The maximum absolute atomic E-state index is 5.79. The topological polar surface area (TPSA) is 54.9 Å². The lowest BCUT2D eigenvalue weighted by molar-refractivity contribution is 0.0347. The zero-order valence-corrected chi connectivity index (χ0v) is 13.8. The molecule has 6 heteroatoms. The van der Waals surface area contributed by atoms with Crippen molar-refractivity contribution in [2.24, 2.45) is 4.99 Å². The summed E-state index contributed by atoms with van der Waals surface area (Å²) in [5.41, 5.74) is 0. The average molecular weight is 303 g/mol. The van der Waals surface area contributed by atoms with E-state index >= 15 is 0 Å². The summed E-state index contributed by atoms with van der Waals surface area (Å²) in [5, 5.41) is 6.69. The van der Waals surface area contributed by atoms with Crippen molar-refractivity contribution in [3.63, 3.8) is 0 Å². The first kappa shape index (κ1) is 17.6. The lowest BCUT2D eigenvalue weighted by atomic mass is 10.3. The van der Waals surface area contributed by atoms with Crippen molar-refractivity contribution in [2.45, 2.75) is 38.3 Å². The monoisotopic (exact) mass is 303 g/mol. The first-order chi connectivity index (χ1) is 9.76. The number of ether oxygens (including phenoxy) is 2. The molecule has 1 aliphatic heterocycles. The van der Waals surface area contributed by atoms with Crippen LogP contribution in [-0.2, 0) is 9.47 Å². The normalized spacial score (nSPS) is 20.9. The maximum atomic E-state index is 5.79. The molecule has 1 aliphatic rings. The van der Waals surface area contributed by atoms with Gasteiger partial charge in [0.2, 0.25) is 0 Å². The van der Waals surface area contributed by atoms with Gasteiger partial charge in [-0.05, 0) is 38.2 Å². The van der Waals surface area contributed by atoms with Gasteiger partial charge in [0.15, 0.2) is 5.96 Å². The van der Waals surface area contributed by atoms with E-state index in [1.807, 2.05) is 11.8 Å². The molecule has 0 amide bonds. The molecule has 2 N–H and O–H groups in total. The molecular formula is C14H29N3O2S. The van der Waals surface area contributed by atoms with Crippen LogP contribution in [0.2, 0.25) is 0 Å². The van der Waals surface area contributed by atoms with Gasteiger partial charge >= 0.3 is 0 Å². The third-order valence-corrected chi connectivity index (χ3v) is 3.84. The molecule has 2 unspecified atom stereocenters. The third-order valence-electron chi connectivity index (χ3n) is 3.14. The number of rotatable bonds is 9. The van der Waals surface area contributed by atoms with Crippen molar-refractivity contribution in [3.8, 4) is 0 Å². The fourth-order valence-electron chi connectivity index (χ4n) is 1.97. The number of nitrogens with one attached hydrogen (secondary N) is 2. The summed E-state index contributed by atoms with van der Waals surface area (Å²) >= 11 is 1.90. The zero-order valence-electron chi connectivity index (χ0n) is 13.0. The molecule has 2 atom stereocenters. The molecule has 0 aromatic carbocycles. The van der Waals surface area contributed by atoms with Crippen LogP contribution in [0.25, 0.3) is 0 Å². The quantitative estimate of drug-likeness (QED) is 0.384. The van der Waals surface area contributed by atoms with E-state index < -0.39 is 0 Å². The Morgan fingerprint density at radius 1 is 1.50 bits per heavy atom. The largest absolute Gasteiger partial charge is 0.379 e. The number of thioether (sulfide) groups is 1. The van der Waals surface area contributed by atoms with Gasteiger partial charge in [-0.1, -0.05) is 0 Å². The summed E-state index contributed by atoms with van der Waals surface area (Å²) in [6.45, 7) is 5.31. The summed E-state index contributed by atoms with van der Waals surface area (Å²) in [7, 11) is 1.80. The van der Waals surface area contributed by atoms with Gasteiger partial charge < -0.3 is 20.1 Å². The second kappa shape index (κ2) is 11.2. The smallest absolute Gasteiger partial charge is 0.191 e. The number of hydrogen-bond donors (Lipinski definition) is 2. The Labute approximate surface area is 127 Å². The van der Waals surface area contributed by atoms with Crippen LogP contribution in [0.4, 0.5) is 0 Å². The van der Waals surface area contributed by atoms with E-state index in [4.69, 9.17) is 9.47 Å². The molecule has 1 rings (SSSR count). The lowest BCUT2D eigenvalue weighted by Crippen LogP contribution is -2.44. The minimum absolute atomic E-state index is 0.244. The minimum Gasteiger partial charge on any atom is -0.379 e. The molecule has 20 heavy (non-hydrogen) atoms. The first-order valence-corrected chi connectivity index (χ1v) is 8.81. The van der Waals surface area contributed by atoms with Crippen molar-refractivity contribution in [2.75, 3.05) is 45.4 Å². The van der Waals surface area contributed by atoms with Crippen LogP contribution in [0.5, 0.6) is 0 Å². The molecule has 0 radical (unpaired) electrons. The van der Waals surface area contributed by atoms with Crippen LogP contribution in [0.1, 0.15) is 26.2 Å². The average Bonchev–Trinajstić information content (AvgIpc) is 2.97. The Bertz CT molecular complexity index is 271. The van der Waals surface area contributed by atoms with Crippen molar-refractivity contribution < 1.29 is 9.47 Å². The van der Waals surface area contributed by atoms with Crippen LogP contribution in [0, 0.1) is 0 Å². The Balaban J connectivity index is 2.08. The van der Waals surface area contributed by atoms with Gasteiger partial charge in [0.1, 0.15) is 0 Å². The van der Waals surface area contributed by atoms with Gasteiger partial charge in [0, 0.05) is 26.2 Å². The van der Waals surface area contributed by atoms with Gasteiger partial charge in [0.05, 0.1) is 19.3 Å². The molecule has 0 aromatic rings. The van der Waals surface area contributed by atoms with E-state index in [0.717, 1.165) is 32.1 Å². The van der Waals surface area contributed by atoms with E-state index in [-0.39, 0.29) is 12.1 Å². The molecule has 1 heterocycles. The summed E-state index contributed by atoms with van der Waals surface area (Å²) in [5.74, 6) is 2.08. The van der Waals surface area contributed by atoms with Crippen molar-refractivity contribution in [1.29, 1.82) is 0 Å². The molecule has 0 saturated carbocycles. The van der Waals surface area contributed by atoms with E-state index in [2.05, 4.69) is 28.8 Å². The van der Waals surface area contributed by atoms with E-state index in [1.54, 1.807) is 7.05 Å². The van der Waals surface area contributed by atoms with Gasteiger partial charge in [-0.2, -0.15) is 11.8 Å². The van der Waals surface area contributed by atoms with E-state index in [9.17, 15) is 0 Å². The van der Waals surface area contributed by atoms with Crippen molar-refractivity contribution in [3.05, 3.63) is 0 Å². The van der Waals surface area contributed by atoms with Gasteiger partial charge in [-0.3, -0.25) is 4.99 Å². The highest BCUT2D eigenvalue weighted by molar-refractivity contribution is 7.98. The highest BCUT2D eigenvalue weighted by Gasteiger charge is 2.17. The molecule has 5 nitrogen and oxygen atoms in total. The Morgan fingerprint density at radius 3 is 3.00 bits per heavy atom. The second-order valence-electron chi connectivity index (χ2n) is 5.06. The van der Waals surface area contributed by atoms with Crippen molar-refractivity contribution in [1.82, 2.24) is 10.6 Å². The third kappa shape index (κ3) is 7.97. The Morgan fingerprint density at radius 2 is 2.35 bits per heavy atom. The lowest BCUT2D eigenvalue weighted by Gasteiger charge is -2.19. The molecule has 1 fully saturated rings. The number of unbranched alkanes of at least 4 members (excludes halogenated alkanes) is 1. The SMILES string of the molecule is CN=C(NCCCCSC)NC(C)COC1CCOC1. The molecule has 0 aromatic heterocycles. The van der Waals surface area contributed by atoms with Crippen LogP contribution in [-0.4, -0.2) is 63.5 Å². The summed E-state index contributed by atoms with van der Waals surface area (Å²) in [6, 6.07) is 0.244.